The Morgan fingerprint density at radius 1 is 0.212 bits per heavy atom. The molecule has 0 bridgehead atoms. The lowest BCUT2D eigenvalue weighted by molar-refractivity contribution is 0.356. The second-order valence-corrected chi connectivity index (χ2v) is 36.2. The predicted octanol–water partition coefficient (Wildman–Crippen LogP) is -17.2. The van der Waals surface area contributed by atoms with E-state index in [1.54, 1.807) is 0 Å². The summed E-state index contributed by atoms with van der Waals surface area (Å²) in [6.45, 7) is 0. The van der Waals surface area contributed by atoms with Gasteiger partial charge < -0.3 is 65.8 Å². The maximum atomic E-state index is 5.46. The van der Waals surface area contributed by atoms with E-state index in [1.165, 1.54) is 0 Å². The summed E-state index contributed by atoms with van der Waals surface area (Å²) < 4.78 is 85.7. The Labute approximate surface area is 235 Å². The van der Waals surface area contributed by atoms with Gasteiger partial charge in [0.2, 0.25) is 0 Å². The van der Waals surface area contributed by atoms with Crippen LogP contribution in [0.4, 0.5) is 0 Å². The van der Waals surface area contributed by atoms with Crippen LogP contribution in [0.15, 0.2) is 0 Å². The second-order valence-electron chi connectivity index (χ2n) is 5.20. The molecule has 0 radical (unpaired) electrons. The van der Waals surface area contributed by atoms with Crippen LogP contribution in [0.25, 0.3) is 0 Å². The summed E-state index contributed by atoms with van der Waals surface area (Å²) in [6.07, 6.45) is 0. The lowest BCUT2D eigenvalue weighted by atomic mass is 15.7. The molecule has 200 valence electrons. The van der Waals surface area contributed by atoms with Gasteiger partial charge in [-0.2, -0.15) is 0 Å². The minimum atomic E-state index is -1.01. The van der Waals surface area contributed by atoms with Crippen molar-refractivity contribution in [2.24, 2.45) is 0 Å². The average Bonchev–Trinajstić information content (AvgIpc) is 2.83. The molecule has 0 atom stereocenters. The van der Waals surface area contributed by atoms with Gasteiger partial charge in [0.05, 0.1) is 0 Å². The fourth-order valence-corrected chi connectivity index (χ4v) is 29.5. The molecule has 0 aromatic heterocycles. The monoisotopic (exact) mass is 768 g/mol. The first-order valence-corrected chi connectivity index (χ1v) is 28.4. The molecule has 33 heavy (non-hydrogen) atoms. The minimum Gasteiger partial charge on any atom is -0.449 e. The molecular formula is H36O16Si17. The summed E-state index contributed by atoms with van der Waals surface area (Å²) in [7, 11) is -12.6. The second kappa shape index (κ2) is 35.0. The van der Waals surface area contributed by atoms with Crippen LogP contribution in [0.1, 0.15) is 0 Å². The van der Waals surface area contributed by atoms with E-state index in [9.17, 15) is 0 Å². The molecule has 0 saturated heterocycles. The Balaban J connectivity index is 2.99. The zero-order valence-corrected chi connectivity index (χ0v) is 44.4. The molecule has 0 aliphatic carbocycles. The summed E-state index contributed by atoms with van der Waals surface area (Å²) in [5.74, 6) is 0. The van der Waals surface area contributed by atoms with E-state index in [-0.39, 0.29) is 0 Å². The molecule has 0 aromatic rings. The quantitative estimate of drug-likeness (QED) is 0.0503. The van der Waals surface area contributed by atoms with Gasteiger partial charge in [-0.25, -0.2) is 0 Å². The van der Waals surface area contributed by atoms with E-state index >= 15 is 0 Å². The fraction of sp³-hybridized carbons (Fsp3) is 0. The summed E-state index contributed by atoms with van der Waals surface area (Å²) >= 11 is 0. The molecule has 0 aromatic carbocycles. The molecule has 0 spiro atoms. The first-order chi connectivity index (χ1) is 16.4. The molecule has 0 unspecified atom stereocenters. The van der Waals surface area contributed by atoms with Crippen LogP contribution in [-0.4, -0.2) is 171 Å². The third kappa shape index (κ3) is 35.0. The van der Waals surface area contributed by atoms with Gasteiger partial charge in [0.1, 0.15) is 21.0 Å². The van der Waals surface area contributed by atoms with Crippen molar-refractivity contribution in [3.05, 3.63) is 0 Å². The number of hydrogen-bond donors (Lipinski definition) is 0. The van der Waals surface area contributed by atoms with Crippen molar-refractivity contribution < 1.29 is 65.8 Å². The van der Waals surface area contributed by atoms with Gasteiger partial charge in [-0.05, 0) is 0 Å². The molecule has 16 nitrogen and oxygen atoms in total. The van der Waals surface area contributed by atoms with Crippen LogP contribution >= 0.6 is 0 Å². The lowest BCUT2D eigenvalue weighted by Gasteiger charge is -2.09. The molecule has 0 heterocycles. The Kier molecular flexibility index (Phi) is 38.3. The van der Waals surface area contributed by atoms with Gasteiger partial charge >= 0.3 is 0 Å². The van der Waals surface area contributed by atoms with Crippen molar-refractivity contribution in [2.45, 2.75) is 0 Å². The first-order valence-electron chi connectivity index (χ1n) is 9.48. The highest BCUT2D eigenvalue weighted by atomic mass is 28.4. The molecule has 0 fully saturated rings. The Bertz CT molecular complexity index is 310. The van der Waals surface area contributed by atoms with Gasteiger partial charge in [0.25, 0.3) is 150 Å². The highest BCUT2D eigenvalue weighted by Crippen LogP contribution is 1.80. The van der Waals surface area contributed by atoms with Crippen molar-refractivity contribution in [2.75, 3.05) is 0 Å². The van der Waals surface area contributed by atoms with E-state index in [2.05, 4.69) is 0 Å². The van der Waals surface area contributed by atoms with Gasteiger partial charge in [0.15, 0.2) is 0 Å². The normalized spacial score (nSPS) is 17.1. The highest BCUT2D eigenvalue weighted by Gasteiger charge is 1.98. The maximum Gasteiger partial charge on any atom is 0.286 e. The predicted molar refractivity (Wildman–Crippen MR) is 165 cm³/mol. The van der Waals surface area contributed by atoms with Crippen LogP contribution in [0.2, 0.25) is 0 Å². The zero-order valence-electron chi connectivity index (χ0n) is 19.1. The molecule has 0 rings (SSSR count). The topological polar surface area (TPSA) is 148 Å². The smallest absolute Gasteiger partial charge is 0.286 e. The van der Waals surface area contributed by atoms with E-state index < -0.39 is 150 Å². The average molecular weight is 770 g/mol. The summed E-state index contributed by atoms with van der Waals surface area (Å²) in [4.78, 5) is 0. The summed E-state index contributed by atoms with van der Waals surface area (Å²) in [6, 6.07) is 0. The van der Waals surface area contributed by atoms with Crippen molar-refractivity contribution >= 4 is 171 Å². The number of rotatable bonds is 30. The van der Waals surface area contributed by atoms with Crippen molar-refractivity contribution in [3.63, 3.8) is 0 Å². The van der Waals surface area contributed by atoms with E-state index in [0.29, 0.717) is 0 Å². The summed E-state index contributed by atoms with van der Waals surface area (Å²) in [5, 5.41) is 0. The van der Waals surface area contributed by atoms with Crippen molar-refractivity contribution in [3.8, 4) is 0 Å². The largest absolute Gasteiger partial charge is 0.449 e. The minimum absolute atomic E-state index is 0.739. The lowest BCUT2D eigenvalue weighted by Crippen LogP contribution is -2.22. The highest BCUT2D eigenvalue weighted by molar-refractivity contribution is 6.51. The van der Waals surface area contributed by atoms with Crippen LogP contribution in [0.3, 0.4) is 0 Å². The fourth-order valence-electron chi connectivity index (χ4n) is 1.41. The first kappa shape index (κ1) is 36.0. The Morgan fingerprint density at radius 2 is 0.333 bits per heavy atom. The SMILES string of the molecule is [SiH3]O[SiH2]O[SiH2]O[SiH2]O[SiH2]O[SiH2]O[SiH2]O[SiH2]O[SiH2]O[SiH2]O[SiH2]O[SiH2]O[SiH2]O[SiH2]O[SiH2]O[SiH2]O[SiH3]. The molecule has 0 aliphatic rings. The van der Waals surface area contributed by atoms with E-state index in [0.717, 1.165) is 21.0 Å². The van der Waals surface area contributed by atoms with E-state index in [4.69, 9.17) is 65.8 Å². The standard InChI is InChI=1S/H36O16Si17/c17-1-19-3-21-5-23-7-25-9-27-11-29-13-31-15-33-16-32-14-30-12-28-10-26-8-24-6-22-4-20-2-18/h19-33H2,17-18H3. The molecular weight excluding hydrogens is 733 g/mol. The molecule has 0 aliphatic heterocycles. The van der Waals surface area contributed by atoms with Crippen LogP contribution < -0.4 is 0 Å². The Hall–Kier alpha value is 3.05. The maximum absolute atomic E-state index is 5.46. The van der Waals surface area contributed by atoms with Gasteiger partial charge in [0, 0.05) is 0 Å². The van der Waals surface area contributed by atoms with Gasteiger partial charge in [-0.1, -0.05) is 0 Å². The summed E-state index contributed by atoms with van der Waals surface area (Å²) in [5.41, 5.74) is 0. The Morgan fingerprint density at radius 3 is 0.455 bits per heavy atom. The molecule has 0 N–H and O–H groups in total. The van der Waals surface area contributed by atoms with E-state index in [1.807, 2.05) is 0 Å². The van der Waals surface area contributed by atoms with Crippen LogP contribution in [-0.2, 0) is 65.8 Å². The van der Waals surface area contributed by atoms with Gasteiger partial charge in [-0.15, -0.1) is 0 Å². The molecule has 0 saturated carbocycles. The van der Waals surface area contributed by atoms with Crippen molar-refractivity contribution in [1.29, 1.82) is 0 Å². The molecule has 0 amide bonds. The van der Waals surface area contributed by atoms with Crippen molar-refractivity contribution in [1.82, 2.24) is 0 Å². The zero-order chi connectivity index (χ0) is 23.9. The number of hydrogen-bond acceptors (Lipinski definition) is 16. The third-order valence-corrected chi connectivity index (χ3v) is 23.1. The van der Waals surface area contributed by atoms with Gasteiger partial charge in [-0.3, -0.25) is 0 Å². The third-order valence-electron chi connectivity index (χ3n) is 2.57. The molecule has 33 heteroatoms. The van der Waals surface area contributed by atoms with Crippen LogP contribution in [0.5, 0.6) is 0 Å². The van der Waals surface area contributed by atoms with Crippen LogP contribution in [0, 0.1) is 0 Å².